The van der Waals surface area contributed by atoms with Gasteiger partial charge in [0.15, 0.2) is 6.20 Å². The molecular formula is C5H9ClN2O. The van der Waals surface area contributed by atoms with E-state index in [2.05, 4.69) is 0 Å². The zero-order valence-corrected chi connectivity index (χ0v) is 6.17. The summed E-state index contributed by atoms with van der Waals surface area (Å²) in [6.45, 7) is 0. The van der Waals surface area contributed by atoms with Crippen LogP contribution in [0.4, 0.5) is 0 Å². The Hall–Kier alpha value is -0.700. The molecule has 9 heavy (non-hydrogen) atoms. The standard InChI is InChI=1S/C5H9N2O.ClH/c1-6-3-4-7(5-6)8-2;/h3-5H,1-2H3;1H/q+1;/p-1. The number of hydrogen-bond donors (Lipinski definition) is 0. The number of rotatable bonds is 1. The normalized spacial score (nSPS) is 8.22. The summed E-state index contributed by atoms with van der Waals surface area (Å²) in [4.78, 5) is 4.83. The lowest BCUT2D eigenvalue weighted by atomic mass is 10.9. The second kappa shape index (κ2) is 3.35. The molecule has 0 aliphatic heterocycles. The Morgan fingerprint density at radius 2 is 2.22 bits per heavy atom. The third-order valence-electron chi connectivity index (χ3n) is 0.955. The quantitative estimate of drug-likeness (QED) is 0.376. The Morgan fingerprint density at radius 3 is 2.44 bits per heavy atom. The molecule has 3 nitrogen and oxygen atoms in total. The highest BCUT2D eigenvalue weighted by molar-refractivity contribution is 4.59. The van der Waals surface area contributed by atoms with Crippen molar-refractivity contribution in [3.05, 3.63) is 18.7 Å². The molecule has 0 fully saturated rings. The lowest BCUT2D eigenvalue weighted by molar-refractivity contribution is -0.672. The number of imidazole rings is 1. The van der Waals surface area contributed by atoms with Crippen molar-refractivity contribution in [1.29, 1.82) is 0 Å². The van der Waals surface area contributed by atoms with Gasteiger partial charge in [0.1, 0.15) is 13.3 Å². The van der Waals surface area contributed by atoms with Gasteiger partial charge in [-0.3, -0.25) is 0 Å². The fraction of sp³-hybridized carbons (Fsp3) is 0.400. The van der Waals surface area contributed by atoms with Gasteiger partial charge >= 0.3 is 0 Å². The Kier molecular flexibility index (Phi) is 3.09. The van der Waals surface area contributed by atoms with E-state index in [0.717, 1.165) is 0 Å². The van der Waals surface area contributed by atoms with E-state index in [1.807, 2.05) is 30.3 Å². The van der Waals surface area contributed by atoms with Crippen molar-refractivity contribution < 1.29 is 21.8 Å². The lowest BCUT2D eigenvalue weighted by Crippen LogP contribution is -3.00. The zero-order valence-electron chi connectivity index (χ0n) is 5.41. The molecule has 1 rings (SSSR count). The van der Waals surface area contributed by atoms with Crippen LogP contribution >= 0.6 is 0 Å². The fourth-order valence-electron chi connectivity index (χ4n) is 0.535. The van der Waals surface area contributed by atoms with Crippen molar-refractivity contribution in [3.63, 3.8) is 0 Å². The number of aromatic nitrogens is 2. The molecule has 1 heterocycles. The maximum Gasteiger partial charge on any atom is 0.284 e. The minimum Gasteiger partial charge on any atom is -1.00 e. The first-order chi connectivity index (χ1) is 3.83. The zero-order chi connectivity index (χ0) is 5.98. The van der Waals surface area contributed by atoms with E-state index in [-0.39, 0.29) is 12.4 Å². The van der Waals surface area contributed by atoms with Crippen LogP contribution < -0.4 is 21.8 Å². The van der Waals surface area contributed by atoms with Gasteiger partial charge in [-0.05, 0) is 0 Å². The molecule has 0 radical (unpaired) electrons. The van der Waals surface area contributed by atoms with Crippen molar-refractivity contribution in [1.82, 2.24) is 4.73 Å². The van der Waals surface area contributed by atoms with E-state index in [1.54, 1.807) is 11.8 Å². The van der Waals surface area contributed by atoms with Crippen LogP contribution in [0.3, 0.4) is 0 Å². The molecule has 0 spiro atoms. The smallest absolute Gasteiger partial charge is 0.284 e. The van der Waals surface area contributed by atoms with Gasteiger partial charge in [0.25, 0.3) is 6.33 Å². The maximum absolute atomic E-state index is 4.83. The molecule has 0 atom stereocenters. The van der Waals surface area contributed by atoms with Crippen molar-refractivity contribution in [2.24, 2.45) is 7.05 Å². The van der Waals surface area contributed by atoms with Crippen LogP contribution in [0.25, 0.3) is 0 Å². The van der Waals surface area contributed by atoms with Crippen LogP contribution in [-0.2, 0) is 7.05 Å². The second-order valence-corrected chi connectivity index (χ2v) is 1.62. The molecule has 0 saturated carbocycles. The average Bonchev–Trinajstić information content (AvgIpc) is 2.14. The van der Waals surface area contributed by atoms with E-state index in [9.17, 15) is 0 Å². The molecule has 0 aromatic carbocycles. The Balaban J connectivity index is 0.000000640. The molecule has 1 aromatic heterocycles. The highest BCUT2D eigenvalue weighted by atomic mass is 35.5. The number of halogens is 1. The number of nitrogens with zero attached hydrogens (tertiary/aromatic N) is 2. The van der Waals surface area contributed by atoms with Gasteiger partial charge in [0.05, 0.1) is 7.05 Å². The van der Waals surface area contributed by atoms with Gasteiger partial charge in [-0.15, -0.1) is 0 Å². The summed E-state index contributed by atoms with van der Waals surface area (Å²) in [5.41, 5.74) is 0. The summed E-state index contributed by atoms with van der Waals surface area (Å²) in [5.74, 6) is 0. The first-order valence-corrected chi connectivity index (χ1v) is 2.40. The van der Waals surface area contributed by atoms with Crippen LogP contribution in [0.1, 0.15) is 0 Å². The van der Waals surface area contributed by atoms with Gasteiger partial charge in [-0.25, -0.2) is 4.57 Å². The third-order valence-corrected chi connectivity index (χ3v) is 0.955. The Morgan fingerprint density at radius 1 is 1.56 bits per heavy atom. The molecule has 0 unspecified atom stereocenters. The summed E-state index contributed by atoms with van der Waals surface area (Å²) in [6.07, 6.45) is 5.57. The van der Waals surface area contributed by atoms with Gasteiger partial charge in [0.2, 0.25) is 0 Å². The van der Waals surface area contributed by atoms with Crippen LogP contribution in [-0.4, -0.2) is 11.8 Å². The predicted octanol–water partition coefficient (Wildman–Crippen LogP) is -3.62. The summed E-state index contributed by atoms with van der Waals surface area (Å²) in [5, 5.41) is 0. The van der Waals surface area contributed by atoms with Gasteiger partial charge in [-0.2, -0.15) is 0 Å². The third kappa shape index (κ3) is 1.93. The highest BCUT2D eigenvalue weighted by Gasteiger charge is 1.94. The van der Waals surface area contributed by atoms with Crippen molar-refractivity contribution >= 4 is 0 Å². The van der Waals surface area contributed by atoms with Crippen LogP contribution in [0.5, 0.6) is 0 Å². The van der Waals surface area contributed by atoms with Crippen molar-refractivity contribution in [3.8, 4) is 0 Å². The van der Waals surface area contributed by atoms with Gasteiger partial charge in [-0.1, -0.05) is 4.73 Å². The topological polar surface area (TPSA) is 18.0 Å². The molecule has 1 aromatic rings. The summed E-state index contributed by atoms with van der Waals surface area (Å²) in [7, 11) is 3.56. The molecule has 0 N–H and O–H groups in total. The molecule has 4 heteroatoms. The molecule has 0 bridgehead atoms. The predicted molar refractivity (Wildman–Crippen MR) is 28.1 cm³/mol. The number of aryl methyl sites for hydroxylation is 1. The fourth-order valence-corrected chi connectivity index (χ4v) is 0.535. The van der Waals surface area contributed by atoms with E-state index in [1.165, 1.54) is 0 Å². The molecule has 0 amide bonds. The van der Waals surface area contributed by atoms with E-state index in [0.29, 0.717) is 0 Å². The van der Waals surface area contributed by atoms with Crippen LogP contribution in [0, 0.1) is 0 Å². The summed E-state index contributed by atoms with van der Waals surface area (Å²) in [6, 6.07) is 0. The molecule has 0 aliphatic rings. The first-order valence-electron chi connectivity index (χ1n) is 2.40. The molecule has 0 aliphatic carbocycles. The van der Waals surface area contributed by atoms with Crippen molar-refractivity contribution in [2.75, 3.05) is 7.11 Å². The summed E-state index contributed by atoms with van der Waals surface area (Å²) < 4.78 is 3.53. The Bertz CT molecular complexity index is 175. The van der Waals surface area contributed by atoms with Crippen LogP contribution in [0.2, 0.25) is 0 Å². The van der Waals surface area contributed by atoms with Gasteiger partial charge in [0, 0.05) is 0 Å². The molecular weight excluding hydrogens is 140 g/mol. The van der Waals surface area contributed by atoms with Crippen LogP contribution in [0.15, 0.2) is 18.7 Å². The number of hydrogen-bond acceptors (Lipinski definition) is 1. The van der Waals surface area contributed by atoms with Crippen molar-refractivity contribution in [2.45, 2.75) is 0 Å². The van der Waals surface area contributed by atoms with E-state index < -0.39 is 0 Å². The maximum atomic E-state index is 4.83. The van der Waals surface area contributed by atoms with E-state index >= 15 is 0 Å². The Labute approximate surface area is 60.2 Å². The molecule has 52 valence electrons. The minimum atomic E-state index is 0. The van der Waals surface area contributed by atoms with Gasteiger partial charge < -0.3 is 17.2 Å². The minimum absolute atomic E-state index is 0. The highest BCUT2D eigenvalue weighted by Crippen LogP contribution is 1.73. The summed E-state index contributed by atoms with van der Waals surface area (Å²) >= 11 is 0. The second-order valence-electron chi connectivity index (χ2n) is 1.62. The monoisotopic (exact) mass is 148 g/mol. The largest absolute Gasteiger partial charge is 1.00 e. The first kappa shape index (κ1) is 8.30. The lowest BCUT2D eigenvalue weighted by Gasteiger charge is -1.84. The SMILES string of the molecule is COn1cc[n+](C)c1.[Cl-]. The molecule has 0 saturated heterocycles. The average molecular weight is 149 g/mol. The van der Waals surface area contributed by atoms with E-state index in [4.69, 9.17) is 4.84 Å².